The van der Waals surface area contributed by atoms with Gasteiger partial charge < -0.3 is 4.90 Å². The quantitative estimate of drug-likeness (QED) is 0.752. The highest BCUT2D eigenvalue weighted by atomic mass is 16.1. The van der Waals surface area contributed by atoms with E-state index in [9.17, 15) is 4.79 Å². The molecular formula is C17H25NO. The van der Waals surface area contributed by atoms with E-state index in [4.69, 9.17) is 0 Å². The normalized spacial score (nSPS) is 18.2. The number of likely N-dealkylation sites (tertiary alicyclic amines) is 1. The smallest absolute Gasteiger partial charge is 0.167 e. The predicted octanol–water partition coefficient (Wildman–Crippen LogP) is 3.69. The molecule has 0 amide bonds. The molecule has 0 spiro atoms. The Balaban J connectivity index is 2.02. The zero-order chi connectivity index (χ0) is 13.7. The van der Waals surface area contributed by atoms with Crippen LogP contribution in [0.15, 0.2) is 24.3 Å². The van der Waals surface area contributed by atoms with Crippen molar-refractivity contribution in [3.63, 3.8) is 0 Å². The first-order valence-electron chi connectivity index (χ1n) is 7.54. The fourth-order valence-corrected chi connectivity index (χ4v) is 2.89. The number of hydrogen-bond acceptors (Lipinski definition) is 2. The van der Waals surface area contributed by atoms with Gasteiger partial charge in [-0.05, 0) is 45.3 Å². The number of carbonyl (C=O) groups is 1. The van der Waals surface area contributed by atoms with Crippen LogP contribution < -0.4 is 0 Å². The van der Waals surface area contributed by atoms with Crippen LogP contribution in [0.3, 0.4) is 0 Å². The molecule has 1 aromatic carbocycles. The number of ketones is 1. The van der Waals surface area contributed by atoms with Crippen molar-refractivity contribution in [2.45, 2.75) is 39.5 Å². The zero-order valence-electron chi connectivity index (χ0n) is 12.2. The van der Waals surface area contributed by atoms with Gasteiger partial charge in [-0.15, -0.1) is 0 Å². The third-order valence-corrected chi connectivity index (χ3v) is 4.09. The lowest BCUT2D eigenvalue weighted by Crippen LogP contribution is -2.36. The average Bonchev–Trinajstić information content (AvgIpc) is 2.45. The molecule has 0 aliphatic carbocycles. The van der Waals surface area contributed by atoms with E-state index < -0.39 is 0 Å². The summed E-state index contributed by atoms with van der Waals surface area (Å²) in [5.41, 5.74) is 2.04. The number of Topliss-reactive ketones (excluding diaryl/α,β-unsaturated/α-hetero) is 1. The van der Waals surface area contributed by atoms with Gasteiger partial charge in [-0.3, -0.25) is 4.79 Å². The molecule has 104 valence electrons. The Morgan fingerprint density at radius 2 is 2.00 bits per heavy atom. The highest BCUT2D eigenvalue weighted by molar-refractivity contribution is 5.98. The third kappa shape index (κ3) is 3.90. The van der Waals surface area contributed by atoms with Crippen molar-refractivity contribution >= 4 is 5.78 Å². The maximum absolute atomic E-state index is 12.6. The topological polar surface area (TPSA) is 20.3 Å². The molecule has 2 heteroatoms. The van der Waals surface area contributed by atoms with E-state index in [1.54, 1.807) is 0 Å². The van der Waals surface area contributed by atoms with Gasteiger partial charge in [0.1, 0.15) is 0 Å². The summed E-state index contributed by atoms with van der Waals surface area (Å²) in [6.45, 7) is 7.43. The SMILES string of the molecule is CCC(CN1CCCCC1)C(=O)c1cccc(C)c1. The lowest BCUT2D eigenvalue weighted by molar-refractivity contribution is 0.0863. The Bertz CT molecular complexity index is 421. The van der Waals surface area contributed by atoms with Crippen LogP contribution in [0.25, 0.3) is 0 Å². The third-order valence-electron chi connectivity index (χ3n) is 4.09. The lowest BCUT2D eigenvalue weighted by Gasteiger charge is -2.29. The van der Waals surface area contributed by atoms with Crippen molar-refractivity contribution < 1.29 is 4.79 Å². The van der Waals surface area contributed by atoms with Crippen LogP contribution in [-0.2, 0) is 0 Å². The first kappa shape index (κ1) is 14.3. The van der Waals surface area contributed by atoms with Crippen molar-refractivity contribution in [2.24, 2.45) is 5.92 Å². The highest BCUT2D eigenvalue weighted by Crippen LogP contribution is 2.18. The van der Waals surface area contributed by atoms with Crippen LogP contribution in [-0.4, -0.2) is 30.3 Å². The summed E-state index contributed by atoms with van der Waals surface area (Å²) in [5.74, 6) is 0.469. The van der Waals surface area contributed by atoms with Crippen molar-refractivity contribution in [2.75, 3.05) is 19.6 Å². The molecule has 1 atom stereocenters. The lowest BCUT2D eigenvalue weighted by atomic mass is 9.93. The van der Waals surface area contributed by atoms with Gasteiger partial charge >= 0.3 is 0 Å². The molecule has 1 fully saturated rings. The second-order valence-corrected chi connectivity index (χ2v) is 5.70. The van der Waals surface area contributed by atoms with Crippen molar-refractivity contribution in [1.82, 2.24) is 4.90 Å². The summed E-state index contributed by atoms with van der Waals surface area (Å²) in [7, 11) is 0. The number of piperidine rings is 1. The van der Waals surface area contributed by atoms with E-state index in [0.717, 1.165) is 31.6 Å². The van der Waals surface area contributed by atoms with Gasteiger partial charge in [0.05, 0.1) is 0 Å². The summed E-state index contributed by atoms with van der Waals surface area (Å²) in [6, 6.07) is 7.99. The van der Waals surface area contributed by atoms with Gasteiger partial charge in [0.25, 0.3) is 0 Å². The molecule has 0 bridgehead atoms. The van der Waals surface area contributed by atoms with E-state index in [1.165, 1.54) is 24.8 Å². The van der Waals surface area contributed by atoms with Crippen LogP contribution in [0.4, 0.5) is 0 Å². The standard InChI is InChI=1S/C17H25NO/c1-3-15(13-18-10-5-4-6-11-18)17(19)16-9-7-8-14(2)12-16/h7-9,12,15H,3-6,10-11,13H2,1-2H3. The second kappa shape index (κ2) is 6.85. The fraction of sp³-hybridized carbons (Fsp3) is 0.588. The Kier molecular flexibility index (Phi) is 5.15. The fourth-order valence-electron chi connectivity index (χ4n) is 2.89. The second-order valence-electron chi connectivity index (χ2n) is 5.70. The van der Waals surface area contributed by atoms with Gasteiger partial charge in [-0.25, -0.2) is 0 Å². The number of aryl methyl sites for hydroxylation is 1. The number of carbonyl (C=O) groups excluding carboxylic acids is 1. The summed E-state index contributed by atoms with van der Waals surface area (Å²) >= 11 is 0. The molecule has 1 aliphatic heterocycles. The Labute approximate surface area is 116 Å². The summed E-state index contributed by atoms with van der Waals surface area (Å²) < 4.78 is 0. The molecule has 0 N–H and O–H groups in total. The van der Waals surface area contributed by atoms with Crippen LogP contribution in [0.2, 0.25) is 0 Å². The van der Waals surface area contributed by atoms with Gasteiger partial charge in [0, 0.05) is 18.0 Å². The molecule has 0 radical (unpaired) electrons. The first-order valence-corrected chi connectivity index (χ1v) is 7.54. The number of nitrogens with zero attached hydrogens (tertiary/aromatic N) is 1. The van der Waals surface area contributed by atoms with Crippen molar-refractivity contribution in [1.29, 1.82) is 0 Å². The van der Waals surface area contributed by atoms with Crippen molar-refractivity contribution in [3.05, 3.63) is 35.4 Å². The molecule has 1 aliphatic rings. The Hall–Kier alpha value is -1.15. The maximum Gasteiger partial charge on any atom is 0.167 e. The molecular weight excluding hydrogens is 234 g/mol. The predicted molar refractivity (Wildman–Crippen MR) is 79.6 cm³/mol. The van der Waals surface area contributed by atoms with E-state index in [0.29, 0.717) is 5.78 Å². The first-order chi connectivity index (χ1) is 9.20. The van der Waals surface area contributed by atoms with Crippen LogP contribution >= 0.6 is 0 Å². The van der Waals surface area contributed by atoms with Gasteiger partial charge in [-0.2, -0.15) is 0 Å². The molecule has 0 aromatic heterocycles. The zero-order valence-corrected chi connectivity index (χ0v) is 12.2. The largest absolute Gasteiger partial charge is 0.303 e. The molecule has 1 aromatic rings. The van der Waals surface area contributed by atoms with Crippen LogP contribution in [0.5, 0.6) is 0 Å². The van der Waals surface area contributed by atoms with Gasteiger partial charge in [-0.1, -0.05) is 37.1 Å². The van der Waals surface area contributed by atoms with E-state index >= 15 is 0 Å². The van der Waals surface area contributed by atoms with E-state index in [1.807, 2.05) is 31.2 Å². The Morgan fingerprint density at radius 3 is 2.63 bits per heavy atom. The average molecular weight is 259 g/mol. The molecule has 19 heavy (non-hydrogen) atoms. The molecule has 1 saturated heterocycles. The van der Waals surface area contributed by atoms with E-state index in [-0.39, 0.29) is 5.92 Å². The highest BCUT2D eigenvalue weighted by Gasteiger charge is 2.22. The number of benzene rings is 1. The summed E-state index contributed by atoms with van der Waals surface area (Å²) in [4.78, 5) is 15.0. The van der Waals surface area contributed by atoms with Gasteiger partial charge in [0.2, 0.25) is 0 Å². The molecule has 1 heterocycles. The molecule has 0 saturated carbocycles. The summed E-state index contributed by atoms with van der Waals surface area (Å²) in [5, 5.41) is 0. The van der Waals surface area contributed by atoms with Crippen molar-refractivity contribution in [3.8, 4) is 0 Å². The number of rotatable bonds is 5. The number of hydrogen-bond donors (Lipinski definition) is 0. The van der Waals surface area contributed by atoms with Gasteiger partial charge in [0.15, 0.2) is 5.78 Å². The molecule has 2 nitrogen and oxygen atoms in total. The summed E-state index contributed by atoms with van der Waals surface area (Å²) in [6.07, 6.45) is 4.85. The molecule has 2 rings (SSSR count). The van der Waals surface area contributed by atoms with Crippen LogP contribution in [0, 0.1) is 12.8 Å². The van der Waals surface area contributed by atoms with E-state index in [2.05, 4.69) is 11.8 Å². The van der Waals surface area contributed by atoms with Crippen LogP contribution in [0.1, 0.15) is 48.5 Å². The minimum Gasteiger partial charge on any atom is -0.303 e. The minimum absolute atomic E-state index is 0.153. The monoisotopic (exact) mass is 259 g/mol. The maximum atomic E-state index is 12.6. The Morgan fingerprint density at radius 1 is 1.26 bits per heavy atom. The minimum atomic E-state index is 0.153. The molecule has 1 unspecified atom stereocenters.